The van der Waals surface area contributed by atoms with Crippen LogP contribution in [0.25, 0.3) is 0 Å². The molecule has 1 saturated heterocycles. The molecule has 0 atom stereocenters. The molecule has 0 bridgehead atoms. The van der Waals surface area contributed by atoms with Crippen LogP contribution in [0.1, 0.15) is 18.6 Å². The molecule has 0 unspecified atom stereocenters. The number of urea groups is 1. The number of imide groups is 1. The summed E-state index contributed by atoms with van der Waals surface area (Å²) in [5.41, 5.74) is 0. The van der Waals surface area contributed by atoms with Gasteiger partial charge >= 0.3 is 6.03 Å². The van der Waals surface area contributed by atoms with Gasteiger partial charge in [0.1, 0.15) is 5.76 Å². The minimum atomic E-state index is -0.547. The Balaban J connectivity index is 1.66. The monoisotopic (exact) mass is 336 g/mol. The first-order chi connectivity index (χ1) is 11.5. The number of furan rings is 1. The van der Waals surface area contributed by atoms with Crippen LogP contribution < -0.4 is 10.6 Å². The molecule has 24 heavy (non-hydrogen) atoms. The fraction of sp³-hybridized carbons (Fsp3) is 0.562. The number of likely N-dealkylation sites (tertiary alicyclic amines) is 1. The van der Waals surface area contributed by atoms with E-state index in [-0.39, 0.29) is 30.8 Å². The van der Waals surface area contributed by atoms with E-state index < -0.39 is 6.03 Å². The van der Waals surface area contributed by atoms with Crippen molar-refractivity contribution in [3.05, 3.63) is 24.2 Å². The first-order valence-electron chi connectivity index (χ1n) is 7.99. The minimum Gasteiger partial charge on any atom is -0.467 e. The highest BCUT2D eigenvalue weighted by Crippen LogP contribution is 2.18. The quantitative estimate of drug-likeness (QED) is 0.812. The molecule has 2 heterocycles. The summed E-state index contributed by atoms with van der Waals surface area (Å²) in [7, 11) is 3.51. The number of hydrogen-bond acceptors (Lipinski definition) is 5. The molecular formula is C16H24N4O4. The summed E-state index contributed by atoms with van der Waals surface area (Å²) in [4.78, 5) is 39.0. The van der Waals surface area contributed by atoms with Crippen molar-refractivity contribution in [2.45, 2.75) is 19.4 Å². The highest BCUT2D eigenvalue weighted by Gasteiger charge is 2.27. The molecule has 1 aliphatic heterocycles. The smallest absolute Gasteiger partial charge is 0.321 e. The Morgan fingerprint density at radius 3 is 2.58 bits per heavy atom. The van der Waals surface area contributed by atoms with Crippen molar-refractivity contribution >= 4 is 17.8 Å². The van der Waals surface area contributed by atoms with Crippen LogP contribution >= 0.6 is 0 Å². The topological polar surface area (TPSA) is 94.9 Å². The number of carbonyl (C=O) groups excluding carboxylic acids is 3. The Morgan fingerprint density at radius 2 is 2.00 bits per heavy atom. The summed E-state index contributed by atoms with van der Waals surface area (Å²) in [5.74, 6) is 0.418. The third kappa shape index (κ3) is 5.38. The lowest BCUT2D eigenvalue weighted by atomic mass is 9.95. The van der Waals surface area contributed by atoms with Gasteiger partial charge in [-0.1, -0.05) is 0 Å². The molecule has 2 N–H and O–H groups in total. The average Bonchev–Trinajstić information content (AvgIpc) is 3.06. The van der Waals surface area contributed by atoms with Crippen molar-refractivity contribution in [2.75, 3.05) is 33.7 Å². The second-order valence-corrected chi connectivity index (χ2v) is 6.09. The maximum Gasteiger partial charge on any atom is 0.321 e. The first-order valence-corrected chi connectivity index (χ1v) is 7.99. The van der Waals surface area contributed by atoms with Crippen LogP contribution in [0.15, 0.2) is 22.8 Å². The Kier molecular flexibility index (Phi) is 6.36. The van der Waals surface area contributed by atoms with Crippen molar-refractivity contribution in [3.63, 3.8) is 0 Å². The number of rotatable bonds is 5. The van der Waals surface area contributed by atoms with Crippen LogP contribution in [0.4, 0.5) is 4.79 Å². The number of carbonyl (C=O) groups is 3. The van der Waals surface area contributed by atoms with E-state index in [2.05, 4.69) is 10.6 Å². The van der Waals surface area contributed by atoms with Crippen molar-refractivity contribution in [1.82, 2.24) is 20.4 Å². The molecule has 1 aromatic heterocycles. The highest BCUT2D eigenvalue weighted by atomic mass is 16.3. The van der Waals surface area contributed by atoms with Crippen LogP contribution in [0.2, 0.25) is 0 Å². The molecule has 0 spiro atoms. The van der Waals surface area contributed by atoms with E-state index in [1.807, 2.05) is 4.90 Å². The molecular weight excluding hydrogens is 312 g/mol. The summed E-state index contributed by atoms with van der Waals surface area (Å²) in [6, 6.07) is 2.92. The molecule has 132 valence electrons. The molecule has 4 amide bonds. The van der Waals surface area contributed by atoms with Crippen molar-refractivity contribution in [1.29, 1.82) is 0 Å². The standard InChI is InChI=1S/C16H24N4O4/c1-19(2)15(22)12-5-7-20(8-6-12)11-14(21)18-16(23)17-10-13-4-3-9-24-13/h3-4,9,12H,5-8,10-11H2,1-2H3,(H2,17,18,21,23). The summed E-state index contributed by atoms with van der Waals surface area (Å²) in [6.07, 6.45) is 2.98. The number of nitrogens with zero attached hydrogens (tertiary/aromatic N) is 2. The van der Waals surface area contributed by atoms with Gasteiger partial charge in [0.15, 0.2) is 0 Å². The van der Waals surface area contributed by atoms with Crippen LogP contribution in [-0.2, 0) is 16.1 Å². The van der Waals surface area contributed by atoms with Crippen LogP contribution in [-0.4, -0.2) is 61.4 Å². The largest absolute Gasteiger partial charge is 0.467 e. The lowest BCUT2D eigenvalue weighted by Gasteiger charge is -2.31. The van der Waals surface area contributed by atoms with Crippen LogP contribution in [0.3, 0.4) is 0 Å². The van der Waals surface area contributed by atoms with Gasteiger partial charge in [0, 0.05) is 20.0 Å². The minimum absolute atomic E-state index is 0.0240. The van der Waals surface area contributed by atoms with Gasteiger partial charge in [-0.05, 0) is 38.1 Å². The summed E-state index contributed by atoms with van der Waals surface area (Å²) >= 11 is 0. The van der Waals surface area contributed by atoms with Gasteiger partial charge in [0.05, 0.1) is 19.4 Å². The van der Waals surface area contributed by atoms with E-state index in [0.29, 0.717) is 18.8 Å². The van der Waals surface area contributed by atoms with Gasteiger partial charge in [-0.15, -0.1) is 0 Å². The molecule has 1 aliphatic rings. The van der Waals surface area contributed by atoms with Gasteiger partial charge < -0.3 is 14.6 Å². The molecule has 2 rings (SSSR count). The predicted molar refractivity (Wildman–Crippen MR) is 86.9 cm³/mol. The summed E-state index contributed by atoms with van der Waals surface area (Å²) in [6.45, 7) is 1.72. The highest BCUT2D eigenvalue weighted by molar-refractivity contribution is 5.95. The summed E-state index contributed by atoms with van der Waals surface area (Å²) < 4.78 is 5.09. The average molecular weight is 336 g/mol. The molecule has 1 aromatic rings. The zero-order valence-electron chi connectivity index (χ0n) is 14.1. The fourth-order valence-electron chi connectivity index (χ4n) is 2.70. The van der Waals surface area contributed by atoms with Gasteiger partial charge in [-0.2, -0.15) is 0 Å². The van der Waals surface area contributed by atoms with Gasteiger partial charge in [0.25, 0.3) is 0 Å². The lowest BCUT2D eigenvalue weighted by molar-refractivity contribution is -0.134. The predicted octanol–water partition coefficient (Wildman–Crippen LogP) is 0.406. The molecule has 8 nitrogen and oxygen atoms in total. The lowest BCUT2D eigenvalue weighted by Crippen LogP contribution is -2.47. The number of nitrogens with one attached hydrogen (secondary N) is 2. The maximum absolute atomic E-state index is 11.9. The van der Waals surface area contributed by atoms with Crippen LogP contribution in [0, 0.1) is 5.92 Å². The molecule has 0 aliphatic carbocycles. The second-order valence-electron chi connectivity index (χ2n) is 6.09. The Bertz CT molecular complexity index is 563. The van der Waals surface area contributed by atoms with E-state index in [9.17, 15) is 14.4 Å². The summed E-state index contributed by atoms with van der Waals surface area (Å²) in [5, 5.41) is 4.85. The maximum atomic E-state index is 11.9. The SMILES string of the molecule is CN(C)C(=O)C1CCN(CC(=O)NC(=O)NCc2ccco2)CC1. The Hall–Kier alpha value is -2.35. The zero-order chi connectivity index (χ0) is 17.5. The van der Waals surface area contributed by atoms with Gasteiger partial charge in [0.2, 0.25) is 11.8 Å². The normalized spacial score (nSPS) is 15.8. The Morgan fingerprint density at radius 1 is 1.29 bits per heavy atom. The molecule has 1 fully saturated rings. The third-order valence-corrected chi connectivity index (χ3v) is 4.00. The van der Waals surface area contributed by atoms with E-state index >= 15 is 0 Å². The van der Waals surface area contributed by atoms with E-state index in [4.69, 9.17) is 4.42 Å². The molecule has 0 aromatic carbocycles. The molecule has 0 radical (unpaired) electrons. The van der Waals surface area contributed by atoms with Crippen molar-refractivity contribution in [2.24, 2.45) is 5.92 Å². The molecule has 8 heteroatoms. The van der Waals surface area contributed by atoms with E-state index in [0.717, 1.165) is 12.8 Å². The number of hydrogen-bond donors (Lipinski definition) is 2. The first kappa shape index (κ1) is 18.0. The van der Waals surface area contributed by atoms with E-state index in [1.54, 1.807) is 31.1 Å². The van der Waals surface area contributed by atoms with Crippen molar-refractivity contribution in [3.8, 4) is 0 Å². The van der Waals surface area contributed by atoms with Crippen LogP contribution in [0.5, 0.6) is 0 Å². The Labute approximate surface area is 141 Å². The van der Waals surface area contributed by atoms with Gasteiger partial charge in [-0.3, -0.25) is 19.8 Å². The third-order valence-electron chi connectivity index (χ3n) is 4.00. The number of piperidine rings is 1. The second kappa shape index (κ2) is 8.49. The number of amides is 4. The fourth-order valence-corrected chi connectivity index (χ4v) is 2.70. The van der Waals surface area contributed by atoms with E-state index in [1.165, 1.54) is 6.26 Å². The van der Waals surface area contributed by atoms with Gasteiger partial charge in [-0.25, -0.2) is 4.79 Å². The zero-order valence-corrected chi connectivity index (χ0v) is 14.1. The molecule has 0 saturated carbocycles. The van der Waals surface area contributed by atoms with Crippen molar-refractivity contribution < 1.29 is 18.8 Å².